The van der Waals surface area contributed by atoms with Crippen LogP contribution in [0.1, 0.15) is 68.4 Å². The molecule has 1 aliphatic heterocycles. The molecule has 2 aromatic heterocycles. The molecule has 0 amide bonds. The van der Waals surface area contributed by atoms with Gasteiger partial charge >= 0.3 is 0 Å². The van der Waals surface area contributed by atoms with Gasteiger partial charge in [0, 0.05) is 12.5 Å². The third-order valence-electron chi connectivity index (χ3n) is 5.36. The maximum atomic E-state index is 12.6. The summed E-state index contributed by atoms with van der Waals surface area (Å²) in [6, 6.07) is 0.395. The average molecular weight is 315 g/mol. The van der Waals surface area contributed by atoms with E-state index in [1.807, 2.05) is 11.6 Å². The molecule has 1 saturated carbocycles. The molecule has 0 aromatic carbocycles. The first-order chi connectivity index (χ1) is 11.2. The number of rotatable bonds is 2. The molecular formula is C17H25N5O. The second kappa shape index (κ2) is 6.07. The van der Waals surface area contributed by atoms with Crippen molar-refractivity contribution in [2.75, 3.05) is 13.1 Å². The first-order valence-electron chi connectivity index (χ1n) is 8.94. The molecule has 1 unspecified atom stereocenters. The smallest absolute Gasteiger partial charge is 0.262 e. The van der Waals surface area contributed by atoms with E-state index in [4.69, 9.17) is 4.98 Å². The molecule has 1 saturated heterocycles. The first-order valence-corrected chi connectivity index (χ1v) is 8.94. The molecule has 3 heterocycles. The summed E-state index contributed by atoms with van der Waals surface area (Å²) in [6.45, 7) is 3.87. The molecule has 2 aromatic rings. The van der Waals surface area contributed by atoms with Gasteiger partial charge in [0.15, 0.2) is 5.65 Å². The minimum Gasteiger partial charge on any atom is -0.316 e. The van der Waals surface area contributed by atoms with Crippen molar-refractivity contribution in [1.82, 2.24) is 25.1 Å². The van der Waals surface area contributed by atoms with Crippen LogP contribution in [0.5, 0.6) is 0 Å². The monoisotopic (exact) mass is 315 g/mol. The van der Waals surface area contributed by atoms with Gasteiger partial charge in [-0.2, -0.15) is 5.10 Å². The number of nitrogens with zero attached hydrogens (tertiary/aromatic N) is 3. The van der Waals surface area contributed by atoms with Crippen LogP contribution in [-0.2, 0) is 0 Å². The van der Waals surface area contributed by atoms with E-state index in [1.54, 1.807) is 0 Å². The lowest BCUT2D eigenvalue weighted by atomic mass is 9.96. The molecule has 6 heteroatoms. The molecule has 0 bridgehead atoms. The Labute approximate surface area is 135 Å². The van der Waals surface area contributed by atoms with E-state index in [0.717, 1.165) is 55.9 Å². The lowest BCUT2D eigenvalue weighted by Crippen LogP contribution is -2.30. The van der Waals surface area contributed by atoms with Gasteiger partial charge in [0.1, 0.15) is 11.2 Å². The van der Waals surface area contributed by atoms with Crippen molar-refractivity contribution in [3.8, 4) is 0 Å². The number of aryl methyl sites for hydroxylation is 1. The maximum absolute atomic E-state index is 12.6. The van der Waals surface area contributed by atoms with Gasteiger partial charge in [-0.25, -0.2) is 9.67 Å². The third kappa shape index (κ3) is 2.69. The molecule has 4 rings (SSSR count). The standard InChI is InChI=1S/C17H25N5O/c1-11-14-16(22(21-11)13-7-3-2-4-8-13)19-15(20-17(14)23)12-6-5-9-18-10-12/h12-13,18H,2-10H2,1H3,(H,19,20,23). The maximum Gasteiger partial charge on any atom is 0.262 e. The zero-order valence-electron chi connectivity index (χ0n) is 13.8. The zero-order valence-corrected chi connectivity index (χ0v) is 13.8. The molecule has 2 aliphatic rings. The van der Waals surface area contributed by atoms with E-state index >= 15 is 0 Å². The number of fused-ring (bicyclic) bond motifs is 1. The van der Waals surface area contributed by atoms with Gasteiger partial charge in [-0.1, -0.05) is 19.3 Å². The highest BCUT2D eigenvalue weighted by atomic mass is 16.1. The summed E-state index contributed by atoms with van der Waals surface area (Å²) in [5.41, 5.74) is 1.56. The minimum absolute atomic E-state index is 0.0323. The molecule has 1 aliphatic carbocycles. The number of hydrogen-bond donors (Lipinski definition) is 2. The van der Waals surface area contributed by atoms with Gasteiger partial charge in [0.05, 0.1) is 11.7 Å². The van der Waals surface area contributed by atoms with Gasteiger partial charge in [-0.3, -0.25) is 4.79 Å². The number of aromatic nitrogens is 4. The highest BCUT2D eigenvalue weighted by Gasteiger charge is 2.24. The third-order valence-corrected chi connectivity index (χ3v) is 5.36. The van der Waals surface area contributed by atoms with Gasteiger partial charge in [-0.05, 0) is 39.2 Å². The van der Waals surface area contributed by atoms with E-state index in [2.05, 4.69) is 15.4 Å². The van der Waals surface area contributed by atoms with Crippen LogP contribution in [0, 0.1) is 6.92 Å². The predicted molar refractivity (Wildman–Crippen MR) is 89.9 cm³/mol. The largest absolute Gasteiger partial charge is 0.316 e. The quantitative estimate of drug-likeness (QED) is 0.892. The number of hydrogen-bond acceptors (Lipinski definition) is 4. The Morgan fingerprint density at radius 1 is 1.13 bits per heavy atom. The Morgan fingerprint density at radius 2 is 1.96 bits per heavy atom. The summed E-state index contributed by atoms with van der Waals surface area (Å²) in [5, 5.41) is 8.75. The van der Waals surface area contributed by atoms with Crippen LogP contribution in [-0.4, -0.2) is 32.8 Å². The summed E-state index contributed by atoms with van der Waals surface area (Å²) < 4.78 is 2.04. The number of piperidine rings is 1. The van der Waals surface area contributed by atoms with Crippen molar-refractivity contribution >= 4 is 11.0 Å². The summed E-state index contributed by atoms with van der Waals surface area (Å²) in [7, 11) is 0. The summed E-state index contributed by atoms with van der Waals surface area (Å²) in [6.07, 6.45) is 8.30. The molecule has 2 N–H and O–H groups in total. The van der Waals surface area contributed by atoms with Crippen LogP contribution >= 0.6 is 0 Å². The molecule has 2 fully saturated rings. The van der Waals surface area contributed by atoms with E-state index in [1.165, 1.54) is 19.3 Å². The number of H-pyrrole nitrogens is 1. The Hall–Kier alpha value is -1.69. The van der Waals surface area contributed by atoms with Gasteiger partial charge in [0.2, 0.25) is 0 Å². The lowest BCUT2D eigenvalue weighted by Gasteiger charge is -2.23. The van der Waals surface area contributed by atoms with Gasteiger partial charge in [-0.15, -0.1) is 0 Å². The minimum atomic E-state index is -0.0323. The Bertz CT molecular complexity index is 750. The fourth-order valence-electron chi connectivity index (χ4n) is 4.09. The van der Waals surface area contributed by atoms with Gasteiger partial charge in [0.25, 0.3) is 5.56 Å². The fraction of sp³-hybridized carbons (Fsp3) is 0.706. The summed E-state index contributed by atoms with van der Waals surface area (Å²) in [4.78, 5) is 20.5. The van der Waals surface area contributed by atoms with E-state index in [0.29, 0.717) is 17.3 Å². The van der Waals surface area contributed by atoms with Crippen LogP contribution in [0.4, 0.5) is 0 Å². The van der Waals surface area contributed by atoms with Crippen LogP contribution in [0.25, 0.3) is 11.0 Å². The second-order valence-electron chi connectivity index (χ2n) is 7.01. The second-order valence-corrected chi connectivity index (χ2v) is 7.01. The molecule has 23 heavy (non-hydrogen) atoms. The van der Waals surface area contributed by atoms with Crippen LogP contribution in [0.2, 0.25) is 0 Å². The molecule has 1 atom stereocenters. The Balaban J connectivity index is 1.80. The van der Waals surface area contributed by atoms with Crippen molar-refractivity contribution in [2.24, 2.45) is 0 Å². The summed E-state index contributed by atoms with van der Waals surface area (Å²) in [5.74, 6) is 1.13. The highest BCUT2D eigenvalue weighted by molar-refractivity contribution is 5.77. The zero-order chi connectivity index (χ0) is 15.8. The molecule has 0 radical (unpaired) electrons. The van der Waals surface area contributed by atoms with E-state index in [-0.39, 0.29) is 5.56 Å². The topological polar surface area (TPSA) is 75.6 Å². The SMILES string of the molecule is Cc1nn(C2CCCCC2)c2nc(C3CCCNC3)[nH]c(=O)c12. The van der Waals surface area contributed by atoms with E-state index < -0.39 is 0 Å². The highest BCUT2D eigenvalue weighted by Crippen LogP contribution is 2.30. The fourth-order valence-corrected chi connectivity index (χ4v) is 4.09. The van der Waals surface area contributed by atoms with Crippen LogP contribution in [0.15, 0.2) is 4.79 Å². The van der Waals surface area contributed by atoms with E-state index in [9.17, 15) is 4.79 Å². The van der Waals surface area contributed by atoms with Crippen molar-refractivity contribution in [1.29, 1.82) is 0 Å². The van der Waals surface area contributed by atoms with Crippen molar-refractivity contribution in [3.05, 3.63) is 21.9 Å². The normalized spacial score (nSPS) is 23.4. The van der Waals surface area contributed by atoms with Gasteiger partial charge < -0.3 is 10.3 Å². The van der Waals surface area contributed by atoms with Crippen LogP contribution in [0.3, 0.4) is 0 Å². The molecule has 6 nitrogen and oxygen atoms in total. The van der Waals surface area contributed by atoms with Crippen LogP contribution < -0.4 is 10.9 Å². The average Bonchev–Trinajstić information content (AvgIpc) is 2.94. The predicted octanol–water partition coefficient (Wildman–Crippen LogP) is 2.40. The molecule has 124 valence electrons. The summed E-state index contributed by atoms with van der Waals surface area (Å²) >= 11 is 0. The first kappa shape index (κ1) is 14.9. The lowest BCUT2D eigenvalue weighted by molar-refractivity contribution is 0.334. The molecule has 0 spiro atoms. The Morgan fingerprint density at radius 3 is 2.70 bits per heavy atom. The van der Waals surface area contributed by atoms with Crippen molar-refractivity contribution < 1.29 is 0 Å². The Kier molecular flexibility index (Phi) is 3.93. The molecular weight excluding hydrogens is 290 g/mol. The number of nitrogens with one attached hydrogen (secondary N) is 2. The van der Waals surface area contributed by atoms with Crippen molar-refractivity contribution in [3.63, 3.8) is 0 Å². The number of aromatic amines is 1. The van der Waals surface area contributed by atoms with Crippen molar-refractivity contribution in [2.45, 2.75) is 63.8 Å².